The SMILES string of the molecule is C/C(=C\CO[Si](C)(C)C(C)(C)C)C(=O)C[C@@H](O)CC[C@@H](C)CO. The predicted molar refractivity (Wildman–Crippen MR) is 98.0 cm³/mol. The van der Waals surface area contributed by atoms with Gasteiger partial charge < -0.3 is 14.6 Å². The van der Waals surface area contributed by atoms with Gasteiger partial charge in [0.1, 0.15) is 0 Å². The Labute approximate surface area is 143 Å². The smallest absolute Gasteiger partial charge is 0.192 e. The molecule has 0 aromatic heterocycles. The second-order valence-electron chi connectivity index (χ2n) is 8.10. The van der Waals surface area contributed by atoms with Gasteiger partial charge >= 0.3 is 0 Å². The minimum atomic E-state index is -1.80. The maximum absolute atomic E-state index is 12.1. The molecule has 0 aliphatic carbocycles. The first kappa shape index (κ1) is 22.5. The molecule has 136 valence electrons. The van der Waals surface area contributed by atoms with Crippen LogP contribution in [0, 0.1) is 5.92 Å². The van der Waals surface area contributed by atoms with E-state index in [1.54, 1.807) is 6.92 Å². The van der Waals surface area contributed by atoms with Gasteiger partial charge in [-0.3, -0.25) is 4.79 Å². The zero-order valence-electron chi connectivity index (χ0n) is 16.0. The van der Waals surface area contributed by atoms with E-state index in [9.17, 15) is 9.90 Å². The Kier molecular flexibility index (Phi) is 9.51. The van der Waals surface area contributed by atoms with E-state index in [2.05, 4.69) is 33.9 Å². The van der Waals surface area contributed by atoms with Gasteiger partial charge in [-0.1, -0.05) is 33.8 Å². The standard InChI is InChI=1S/C18H36O4Si/c1-14(13-19)8-9-16(20)12-17(21)15(2)10-11-22-23(6,7)18(3,4)5/h10,14,16,19-20H,8-9,11-13H2,1-7H3/b15-10+/t14-,16+/m1/s1. The second kappa shape index (κ2) is 9.72. The van der Waals surface area contributed by atoms with Crippen LogP contribution in [0.4, 0.5) is 0 Å². The number of rotatable bonds is 10. The van der Waals surface area contributed by atoms with Gasteiger partial charge in [-0.15, -0.1) is 0 Å². The Morgan fingerprint density at radius 2 is 1.83 bits per heavy atom. The van der Waals surface area contributed by atoms with E-state index in [-0.39, 0.29) is 29.8 Å². The largest absolute Gasteiger partial charge is 0.413 e. The van der Waals surface area contributed by atoms with Crippen LogP contribution in [-0.4, -0.2) is 43.6 Å². The van der Waals surface area contributed by atoms with Gasteiger partial charge in [0.25, 0.3) is 0 Å². The maximum atomic E-state index is 12.1. The molecule has 0 bridgehead atoms. The summed E-state index contributed by atoms with van der Waals surface area (Å²) in [6.07, 6.45) is 2.59. The molecule has 2 atom stereocenters. The van der Waals surface area contributed by atoms with E-state index < -0.39 is 14.4 Å². The third-order valence-electron chi connectivity index (χ3n) is 4.81. The molecule has 0 aliphatic heterocycles. The molecule has 23 heavy (non-hydrogen) atoms. The molecule has 0 aliphatic rings. The Bertz CT molecular complexity index is 396. The summed E-state index contributed by atoms with van der Waals surface area (Å²) in [5.41, 5.74) is 0.651. The number of ketones is 1. The van der Waals surface area contributed by atoms with E-state index in [0.29, 0.717) is 18.6 Å². The van der Waals surface area contributed by atoms with Crippen LogP contribution >= 0.6 is 0 Å². The summed E-state index contributed by atoms with van der Waals surface area (Å²) in [6.45, 7) is 15.2. The molecule has 2 N–H and O–H groups in total. The number of allylic oxidation sites excluding steroid dienone is 1. The normalized spacial score (nSPS) is 16.3. The van der Waals surface area contributed by atoms with Crippen LogP contribution < -0.4 is 0 Å². The number of carbonyl (C=O) groups is 1. The lowest BCUT2D eigenvalue weighted by Crippen LogP contribution is -2.40. The summed E-state index contributed by atoms with van der Waals surface area (Å²) in [7, 11) is -1.80. The lowest BCUT2D eigenvalue weighted by atomic mass is 9.99. The van der Waals surface area contributed by atoms with Gasteiger partial charge in [-0.25, -0.2) is 0 Å². The number of aliphatic hydroxyl groups is 2. The molecule has 0 unspecified atom stereocenters. The molecule has 0 amide bonds. The lowest BCUT2D eigenvalue weighted by Gasteiger charge is -2.35. The lowest BCUT2D eigenvalue weighted by molar-refractivity contribution is -0.117. The summed E-state index contributed by atoms with van der Waals surface area (Å²) >= 11 is 0. The van der Waals surface area contributed by atoms with E-state index in [0.717, 1.165) is 6.42 Å². The van der Waals surface area contributed by atoms with Crippen LogP contribution in [0.5, 0.6) is 0 Å². The third-order valence-corrected chi connectivity index (χ3v) is 9.31. The number of hydrogen-bond acceptors (Lipinski definition) is 4. The minimum Gasteiger partial charge on any atom is -0.413 e. The van der Waals surface area contributed by atoms with Crippen molar-refractivity contribution in [2.45, 2.75) is 78.1 Å². The van der Waals surface area contributed by atoms with Gasteiger partial charge in [0.2, 0.25) is 0 Å². The molecule has 0 saturated heterocycles. The highest BCUT2D eigenvalue weighted by molar-refractivity contribution is 6.74. The monoisotopic (exact) mass is 344 g/mol. The quantitative estimate of drug-likeness (QED) is 0.468. The van der Waals surface area contributed by atoms with Crippen molar-refractivity contribution < 1.29 is 19.4 Å². The van der Waals surface area contributed by atoms with Crippen molar-refractivity contribution in [2.24, 2.45) is 5.92 Å². The average molecular weight is 345 g/mol. The molecule has 0 aromatic rings. The number of aliphatic hydroxyl groups excluding tert-OH is 2. The summed E-state index contributed by atoms with van der Waals surface area (Å²) in [5.74, 6) is 0.127. The van der Waals surface area contributed by atoms with Crippen molar-refractivity contribution in [1.29, 1.82) is 0 Å². The Morgan fingerprint density at radius 3 is 2.30 bits per heavy atom. The first-order chi connectivity index (χ1) is 10.4. The minimum absolute atomic E-state index is 0.0343. The van der Waals surface area contributed by atoms with Crippen LogP contribution in [0.3, 0.4) is 0 Å². The van der Waals surface area contributed by atoms with Gasteiger partial charge in [-0.2, -0.15) is 0 Å². The molecule has 0 saturated carbocycles. The Hall–Kier alpha value is -0.493. The molecule has 5 heteroatoms. The van der Waals surface area contributed by atoms with E-state index in [1.165, 1.54) is 0 Å². The van der Waals surface area contributed by atoms with Gasteiger partial charge in [0, 0.05) is 13.0 Å². The summed E-state index contributed by atoms with van der Waals surface area (Å²) in [5, 5.41) is 19.0. The van der Waals surface area contributed by atoms with Crippen LogP contribution in [0.2, 0.25) is 18.1 Å². The summed E-state index contributed by atoms with van der Waals surface area (Å²) in [4.78, 5) is 12.1. The van der Waals surface area contributed by atoms with Crippen LogP contribution in [0.1, 0.15) is 53.9 Å². The van der Waals surface area contributed by atoms with E-state index >= 15 is 0 Å². The molecule has 0 rings (SSSR count). The van der Waals surface area contributed by atoms with Gasteiger partial charge in [0.15, 0.2) is 14.1 Å². The highest BCUT2D eigenvalue weighted by Crippen LogP contribution is 2.36. The number of Topliss-reactive ketones (excluding diaryl/α,β-unsaturated/α-hetero) is 1. The molecule has 0 spiro atoms. The first-order valence-electron chi connectivity index (χ1n) is 8.53. The van der Waals surface area contributed by atoms with Gasteiger partial charge in [0.05, 0.1) is 12.7 Å². The van der Waals surface area contributed by atoms with E-state index in [4.69, 9.17) is 9.53 Å². The summed E-state index contributed by atoms with van der Waals surface area (Å²) < 4.78 is 6.03. The van der Waals surface area contributed by atoms with Crippen molar-refractivity contribution in [3.8, 4) is 0 Å². The van der Waals surface area contributed by atoms with Crippen molar-refractivity contribution in [2.75, 3.05) is 13.2 Å². The van der Waals surface area contributed by atoms with Crippen LogP contribution in [-0.2, 0) is 9.22 Å². The fraction of sp³-hybridized carbons (Fsp3) is 0.833. The fourth-order valence-electron chi connectivity index (χ4n) is 1.75. The topological polar surface area (TPSA) is 66.8 Å². The molecule has 0 radical (unpaired) electrons. The summed E-state index contributed by atoms with van der Waals surface area (Å²) in [6, 6.07) is 0. The molecular weight excluding hydrogens is 308 g/mol. The zero-order valence-corrected chi connectivity index (χ0v) is 17.0. The van der Waals surface area contributed by atoms with Crippen LogP contribution in [0.15, 0.2) is 11.6 Å². The van der Waals surface area contributed by atoms with Crippen LogP contribution in [0.25, 0.3) is 0 Å². The first-order valence-corrected chi connectivity index (χ1v) is 11.4. The highest BCUT2D eigenvalue weighted by atomic mass is 28.4. The molecular formula is C18H36O4Si. The van der Waals surface area contributed by atoms with Gasteiger partial charge in [-0.05, 0) is 49.4 Å². The Morgan fingerprint density at radius 1 is 1.26 bits per heavy atom. The molecule has 0 aromatic carbocycles. The predicted octanol–water partition coefficient (Wildman–Crippen LogP) is 3.68. The highest BCUT2D eigenvalue weighted by Gasteiger charge is 2.36. The van der Waals surface area contributed by atoms with Crippen molar-refractivity contribution in [3.05, 3.63) is 11.6 Å². The maximum Gasteiger partial charge on any atom is 0.192 e. The third kappa shape index (κ3) is 8.79. The molecule has 0 heterocycles. The molecule has 4 nitrogen and oxygen atoms in total. The van der Waals surface area contributed by atoms with E-state index in [1.807, 2.05) is 13.0 Å². The molecule has 0 fully saturated rings. The zero-order chi connectivity index (χ0) is 18.3. The Balaban J connectivity index is 4.33. The number of hydrogen-bond donors (Lipinski definition) is 2. The van der Waals surface area contributed by atoms with Crippen molar-refractivity contribution in [1.82, 2.24) is 0 Å². The fourth-order valence-corrected chi connectivity index (χ4v) is 2.68. The van der Waals surface area contributed by atoms with Crippen molar-refractivity contribution >= 4 is 14.1 Å². The second-order valence-corrected chi connectivity index (χ2v) is 12.9. The average Bonchev–Trinajstić information content (AvgIpc) is 2.42. The van der Waals surface area contributed by atoms with Crippen molar-refractivity contribution in [3.63, 3.8) is 0 Å². The number of carbonyl (C=O) groups excluding carboxylic acids is 1.